The Labute approximate surface area is 194 Å². The second kappa shape index (κ2) is 9.97. The molecular formula is C22H21ClN4O4S. The molecule has 1 aliphatic heterocycles. The molecule has 0 aliphatic carbocycles. The van der Waals surface area contributed by atoms with Crippen LogP contribution in [0.4, 0.5) is 17.1 Å². The number of hydrogen-bond acceptors (Lipinski definition) is 6. The summed E-state index contributed by atoms with van der Waals surface area (Å²) in [5, 5.41) is 13.5. The average Bonchev–Trinajstić information content (AvgIpc) is 3.01. The third kappa shape index (κ3) is 5.35. The Kier molecular flexibility index (Phi) is 7.32. The van der Waals surface area contributed by atoms with Crippen LogP contribution in [0.2, 0.25) is 5.02 Å². The van der Waals surface area contributed by atoms with E-state index in [-0.39, 0.29) is 35.3 Å². The van der Waals surface area contributed by atoms with Gasteiger partial charge in [-0.1, -0.05) is 35.5 Å². The Morgan fingerprint density at radius 1 is 1.31 bits per heavy atom. The second-order valence-electron chi connectivity index (χ2n) is 7.18. The first-order chi connectivity index (χ1) is 15.2. The van der Waals surface area contributed by atoms with Crippen LogP contribution in [0.1, 0.15) is 17.5 Å². The summed E-state index contributed by atoms with van der Waals surface area (Å²) in [5.74, 6) is -0.734. The molecule has 0 radical (unpaired) electrons. The molecule has 1 aliphatic rings. The lowest BCUT2D eigenvalue weighted by atomic mass is 10.1. The number of carbonyl (C=O) groups excluding carboxylic acids is 2. The van der Waals surface area contributed by atoms with Crippen molar-refractivity contribution in [3.8, 4) is 0 Å². The number of aryl methyl sites for hydroxylation is 2. The summed E-state index contributed by atoms with van der Waals surface area (Å²) in [6, 6.07) is 9.53. The SMILES string of the molecule is C=CCN1C(=O)C(CC(=O)Nc2cc([N+](=O)[O-])ccc2Cl)SC1=Nc1ccc(C)c(C)c1. The number of amides is 2. The molecule has 166 valence electrons. The molecule has 0 aromatic heterocycles. The number of rotatable bonds is 7. The van der Waals surface area contributed by atoms with E-state index >= 15 is 0 Å². The van der Waals surface area contributed by atoms with Crippen LogP contribution in [0.25, 0.3) is 0 Å². The van der Waals surface area contributed by atoms with Crippen molar-refractivity contribution in [2.45, 2.75) is 25.5 Å². The summed E-state index contributed by atoms with van der Waals surface area (Å²) in [5.41, 5.74) is 2.86. The lowest BCUT2D eigenvalue weighted by molar-refractivity contribution is -0.384. The fourth-order valence-corrected chi connectivity index (χ4v) is 4.35. The number of anilines is 1. The number of nitro groups is 1. The van der Waals surface area contributed by atoms with Gasteiger partial charge in [0.2, 0.25) is 11.8 Å². The fraction of sp³-hybridized carbons (Fsp3) is 0.227. The van der Waals surface area contributed by atoms with Crippen LogP contribution in [0.5, 0.6) is 0 Å². The molecule has 0 saturated carbocycles. The maximum Gasteiger partial charge on any atom is 0.271 e. The molecular weight excluding hydrogens is 452 g/mol. The lowest BCUT2D eigenvalue weighted by Gasteiger charge is -2.14. The summed E-state index contributed by atoms with van der Waals surface area (Å²) in [7, 11) is 0. The number of amidine groups is 1. The summed E-state index contributed by atoms with van der Waals surface area (Å²) >= 11 is 7.24. The smallest absolute Gasteiger partial charge is 0.271 e. The Balaban J connectivity index is 1.77. The van der Waals surface area contributed by atoms with Crippen molar-refractivity contribution < 1.29 is 14.5 Å². The van der Waals surface area contributed by atoms with Crippen LogP contribution in [-0.2, 0) is 9.59 Å². The number of halogens is 1. The molecule has 1 unspecified atom stereocenters. The summed E-state index contributed by atoms with van der Waals surface area (Å²) in [4.78, 5) is 42.0. The van der Waals surface area contributed by atoms with Gasteiger partial charge in [0.25, 0.3) is 5.69 Å². The van der Waals surface area contributed by atoms with Gasteiger partial charge in [0, 0.05) is 25.1 Å². The van der Waals surface area contributed by atoms with Crippen LogP contribution >= 0.6 is 23.4 Å². The second-order valence-corrected chi connectivity index (χ2v) is 8.76. The minimum atomic E-state index is -0.683. The van der Waals surface area contributed by atoms with E-state index in [1.165, 1.54) is 34.9 Å². The normalized spacial score (nSPS) is 17.0. The largest absolute Gasteiger partial charge is 0.325 e. The van der Waals surface area contributed by atoms with Crippen LogP contribution in [0.15, 0.2) is 54.0 Å². The number of thioether (sulfide) groups is 1. The van der Waals surface area contributed by atoms with E-state index in [0.29, 0.717) is 10.9 Å². The van der Waals surface area contributed by atoms with Crippen molar-refractivity contribution in [1.82, 2.24) is 4.90 Å². The molecule has 8 nitrogen and oxygen atoms in total. The van der Waals surface area contributed by atoms with E-state index in [1.54, 1.807) is 6.08 Å². The van der Waals surface area contributed by atoms with E-state index < -0.39 is 16.1 Å². The Morgan fingerprint density at radius 2 is 2.06 bits per heavy atom. The molecule has 1 heterocycles. The molecule has 2 aromatic rings. The average molecular weight is 473 g/mol. The molecule has 2 aromatic carbocycles. The predicted octanol–water partition coefficient (Wildman–Crippen LogP) is 5.01. The quantitative estimate of drug-likeness (QED) is 0.346. The number of nitrogens with one attached hydrogen (secondary N) is 1. The molecule has 1 atom stereocenters. The monoisotopic (exact) mass is 472 g/mol. The molecule has 1 N–H and O–H groups in total. The van der Waals surface area contributed by atoms with Crippen molar-refractivity contribution >= 4 is 57.4 Å². The van der Waals surface area contributed by atoms with Gasteiger partial charge < -0.3 is 5.32 Å². The molecule has 0 spiro atoms. The van der Waals surface area contributed by atoms with Crippen molar-refractivity contribution in [3.63, 3.8) is 0 Å². The number of hydrogen-bond donors (Lipinski definition) is 1. The number of non-ortho nitro benzene ring substituents is 1. The number of nitrogens with zero attached hydrogens (tertiary/aromatic N) is 3. The maximum atomic E-state index is 12.9. The number of nitro benzene ring substituents is 1. The molecule has 2 amide bonds. The minimum Gasteiger partial charge on any atom is -0.325 e. The molecule has 0 bridgehead atoms. The molecule has 1 fully saturated rings. The van der Waals surface area contributed by atoms with Gasteiger partial charge in [-0.05, 0) is 43.2 Å². The molecule has 32 heavy (non-hydrogen) atoms. The van der Waals surface area contributed by atoms with Crippen molar-refractivity contribution in [3.05, 3.63) is 75.3 Å². The fourth-order valence-electron chi connectivity index (χ4n) is 3.02. The van der Waals surface area contributed by atoms with Gasteiger partial charge in [-0.25, -0.2) is 4.99 Å². The van der Waals surface area contributed by atoms with E-state index in [4.69, 9.17) is 11.6 Å². The van der Waals surface area contributed by atoms with Gasteiger partial charge in [0.15, 0.2) is 5.17 Å². The van der Waals surface area contributed by atoms with Crippen molar-refractivity contribution in [2.75, 3.05) is 11.9 Å². The van der Waals surface area contributed by atoms with E-state index in [1.807, 2.05) is 32.0 Å². The van der Waals surface area contributed by atoms with Crippen LogP contribution in [-0.4, -0.2) is 38.6 Å². The summed E-state index contributed by atoms with van der Waals surface area (Å²) in [6.07, 6.45) is 1.46. The Bertz CT molecular complexity index is 1130. The first-order valence-corrected chi connectivity index (χ1v) is 10.9. The lowest BCUT2D eigenvalue weighted by Crippen LogP contribution is -2.33. The van der Waals surface area contributed by atoms with E-state index in [0.717, 1.165) is 11.1 Å². The number of aliphatic imine (C=N–C) groups is 1. The van der Waals surface area contributed by atoms with Crippen molar-refractivity contribution in [2.24, 2.45) is 4.99 Å². The maximum absolute atomic E-state index is 12.9. The van der Waals surface area contributed by atoms with E-state index in [2.05, 4.69) is 16.9 Å². The molecule has 3 rings (SSSR count). The van der Waals surface area contributed by atoms with Gasteiger partial charge in [-0.2, -0.15) is 0 Å². The predicted molar refractivity (Wildman–Crippen MR) is 128 cm³/mol. The first kappa shape index (κ1) is 23.5. The van der Waals surface area contributed by atoms with Crippen LogP contribution < -0.4 is 5.32 Å². The number of benzene rings is 2. The molecule has 1 saturated heterocycles. The van der Waals surface area contributed by atoms with Gasteiger partial charge in [-0.15, -0.1) is 6.58 Å². The van der Waals surface area contributed by atoms with Crippen molar-refractivity contribution in [1.29, 1.82) is 0 Å². The molecule has 10 heteroatoms. The highest BCUT2D eigenvalue weighted by molar-refractivity contribution is 8.15. The van der Waals surface area contributed by atoms with Gasteiger partial charge in [0.05, 0.1) is 21.3 Å². The Morgan fingerprint density at radius 3 is 2.72 bits per heavy atom. The highest BCUT2D eigenvalue weighted by Crippen LogP contribution is 2.33. The van der Waals surface area contributed by atoms with Gasteiger partial charge >= 0.3 is 0 Å². The zero-order valence-corrected chi connectivity index (χ0v) is 19.1. The number of carbonyl (C=O) groups is 2. The van der Waals surface area contributed by atoms with Crippen LogP contribution in [0.3, 0.4) is 0 Å². The highest BCUT2D eigenvalue weighted by Gasteiger charge is 2.38. The third-order valence-corrected chi connectivity index (χ3v) is 6.36. The summed E-state index contributed by atoms with van der Waals surface area (Å²) < 4.78 is 0. The van der Waals surface area contributed by atoms with Gasteiger partial charge in [0.1, 0.15) is 5.25 Å². The third-order valence-electron chi connectivity index (χ3n) is 4.85. The van der Waals surface area contributed by atoms with Crippen LogP contribution in [0, 0.1) is 24.0 Å². The zero-order valence-electron chi connectivity index (χ0n) is 17.5. The zero-order chi connectivity index (χ0) is 23.4. The summed E-state index contributed by atoms with van der Waals surface area (Å²) in [6.45, 7) is 7.95. The first-order valence-electron chi connectivity index (χ1n) is 9.68. The van der Waals surface area contributed by atoms with Gasteiger partial charge in [-0.3, -0.25) is 24.6 Å². The van der Waals surface area contributed by atoms with E-state index in [9.17, 15) is 19.7 Å². The Hall–Kier alpha value is -3.17. The topological polar surface area (TPSA) is 105 Å². The minimum absolute atomic E-state index is 0.119. The highest BCUT2D eigenvalue weighted by atomic mass is 35.5. The standard InChI is InChI=1S/C22H21ClN4O4S/c1-4-9-26-21(29)19(32-22(26)24-15-6-5-13(2)14(3)10-15)12-20(28)25-18-11-16(27(30)31)7-8-17(18)23/h4-8,10-11,19H,1,9,12H2,2-3H3,(H,25,28).